The zero-order valence-electron chi connectivity index (χ0n) is 11.5. The lowest BCUT2D eigenvalue weighted by atomic mass is 10.1. The van der Waals surface area contributed by atoms with Gasteiger partial charge in [-0.05, 0) is 47.3 Å². The number of benzene rings is 1. The normalized spacial score (nSPS) is 17.9. The zero-order chi connectivity index (χ0) is 15.6. The van der Waals surface area contributed by atoms with Gasteiger partial charge >= 0.3 is 12.0 Å². The number of amides is 2. The van der Waals surface area contributed by atoms with Gasteiger partial charge in [-0.25, -0.2) is 9.59 Å². The number of urea groups is 1. The average Bonchev–Trinajstić information content (AvgIpc) is 2.89. The van der Waals surface area contributed by atoms with Crippen LogP contribution in [-0.4, -0.2) is 34.6 Å². The van der Waals surface area contributed by atoms with Crippen LogP contribution in [0.5, 0.6) is 0 Å². The second-order valence-corrected chi connectivity index (χ2v) is 6.71. The number of nitrogens with zero attached hydrogens (tertiary/aromatic N) is 1. The van der Waals surface area contributed by atoms with E-state index in [2.05, 4.69) is 44.1 Å². The Bertz CT molecular complexity index is 578. The van der Waals surface area contributed by atoms with Gasteiger partial charge in [-0.2, -0.15) is 0 Å². The quantitative estimate of drug-likeness (QED) is 0.766. The number of carbonyl (C=O) groups is 2. The second-order valence-electron chi connectivity index (χ2n) is 4.94. The fraction of sp³-hybridized carbons (Fsp3) is 0.429. The van der Waals surface area contributed by atoms with E-state index in [4.69, 9.17) is 0 Å². The minimum absolute atomic E-state index is 0.0526. The van der Waals surface area contributed by atoms with Crippen molar-refractivity contribution in [2.45, 2.75) is 32.2 Å². The lowest BCUT2D eigenvalue weighted by Crippen LogP contribution is -2.38. The molecule has 0 radical (unpaired) electrons. The van der Waals surface area contributed by atoms with Crippen LogP contribution in [0.4, 0.5) is 10.5 Å². The Morgan fingerprint density at radius 2 is 2.14 bits per heavy atom. The first-order chi connectivity index (χ1) is 9.93. The van der Waals surface area contributed by atoms with Crippen LogP contribution in [0.1, 0.15) is 36.5 Å². The molecule has 1 aliphatic heterocycles. The molecule has 1 atom stereocenters. The van der Waals surface area contributed by atoms with Crippen LogP contribution < -0.4 is 5.32 Å². The molecular formula is C14H16Br2N2O3. The summed E-state index contributed by atoms with van der Waals surface area (Å²) in [5.74, 6) is -1.08. The molecular weight excluding hydrogens is 404 g/mol. The van der Waals surface area contributed by atoms with Gasteiger partial charge in [-0.3, -0.25) is 0 Å². The molecule has 2 N–H and O–H groups in total. The third-order valence-electron chi connectivity index (χ3n) is 3.63. The SMILES string of the molecule is CCC1CCCN1C(=O)Nc1c(Br)cc(Br)cc1C(=O)O. The third-order valence-corrected chi connectivity index (χ3v) is 4.71. The Morgan fingerprint density at radius 3 is 2.76 bits per heavy atom. The lowest BCUT2D eigenvalue weighted by Gasteiger charge is -2.24. The highest BCUT2D eigenvalue weighted by Crippen LogP contribution is 2.32. The van der Waals surface area contributed by atoms with E-state index < -0.39 is 5.97 Å². The van der Waals surface area contributed by atoms with Crippen molar-refractivity contribution in [1.82, 2.24) is 4.90 Å². The van der Waals surface area contributed by atoms with E-state index in [0.717, 1.165) is 19.3 Å². The number of halogens is 2. The molecule has 0 bridgehead atoms. The van der Waals surface area contributed by atoms with E-state index in [1.165, 1.54) is 6.07 Å². The molecule has 0 saturated carbocycles. The summed E-state index contributed by atoms with van der Waals surface area (Å²) in [5.41, 5.74) is 0.342. The van der Waals surface area contributed by atoms with Crippen LogP contribution in [0.25, 0.3) is 0 Å². The molecule has 1 unspecified atom stereocenters. The second kappa shape index (κ2) is 6.79. The Kier molecular flexibility index (Phi) is 5.27. The largest absolute Gasteiger partial charge is 0.478 e. The van der Waals surface area contributed by atoms with Crippen LogP contribution >= 0.6 is 31.9 Å². The maximum absolute atomic E-state index is 12.4. The zero-order valence-corrected chi connectivity index (χ0v) is 14.7. The molecule has 114 valence electrons. The first kappa shape index (κ1) is 16.3. The Morgan fingerprint density at radius 1 is 1.43 bits per heavy atom. The van der Waals surface area contributed by atoms with E-state index >= 15 is 0 Å². The number of hydrogen-bond acceptors (Lipinski definition) is 2. The van der Waals surface area contributed by atoms with Crippen molar-refractivity contribution in [3.05, 3.63) is 26.6 Å². The van der Waals surface area contributed by atoms with Crippen LogP contribution in [-0.2, 0) is 0 Å². The van der Waals surface area contributed by atoms with Gasteiger partial charge < -0.3 is 15.3 Å². The number of carbonyl (C=O) groups excluding carboxylic acids is 1. The summed E-state index contributed by atoms with van der Waals surface area (Å²) in [7, 11) is 0. The van der Waals surface area contributed by atoms with Crippen LogP contribution in [0.3, 0.4) is 0 Å². The molecule has 0 aromatic heterocycles. The number of aromatic carboxylic acids is 1. The number of anilines is 1. The van der Waals surface area contributed by atoms with Crippen molar-refractivity contribution < 1.29 is 14.7 Å². The van der Waals surface area contributed by atoms with Crippen LogP contribution in [0.2, 0.25) is 0 Å². The Labute approximate surface area is 140 Å². The van der Waals surface area contributed by atoms with E-state index in [1.807, 2.05) is 0 Å². The Balaban J connectivity index is 2.27. The van der Waals surface area contributed by atoms with Crippen molar-refractivity contribution in [3.63, 3.8) is 0 Å². The summed E-state index contributed by atoms with van der Waals surface area (Å²) in [6.07, 6.45) is 2.89. The number of rotatable bonds is 3. The molecule has 21 heavy (non-hydrogen) atoms. The molecule has 1 heterocycles. The smallest absolute Gasteiger partial charge is 0.337 e. The molecule has 2 rings (SSSR count). The summed E-state index contributed by atoms with van der Waals surface area (Å²) in [4.78, 5) is 25.5. The van der Waals surface area contributed by atoms with E-state index in [-0.39, 0.29) is 23.3 Å². The van der Waals surface area contributed by atoms with Crippen molar-refractivity contribution in [2.75, 3.05) is 11.9 Å². The molecule has 0 aliphatic carbocycles. The van der Waals surface area contributed by atoms with Crippen molar-refractivity contribution in [3.8, 4) is 0 Å². The minimum atomic E-state index is -1.08. The number of carboxylic acids is 1. The summed E-state index contributed by atoms with van der Waals surface area (Å²) < 4.78 is 1.17. The third kappa shape index (κ3) is 3.58. The van der Waals surface area contributed by atoms with Gasteiger partial charge in [0.15, 0.2) is 0 Å². The number of carboxylic acid groups (broad SMARTS) is 1. The van der Waals surface area contributed by atoms with E-state index in [1.54, 1.807) is 11.0 Å². The van der Waals surface area contributed by atoms with E-state index in [0.29, 0.717) is 15.5 Å². The molecule has 1 saturated heterocycles. The minimum Gasteiger partial charge on any atom is -0.478 e. The number of hydrogen-bond donors (Lipinski definition) is 2. The summed E-state index contributed by atoms with van der Waals surface area (Å²) in [5, 5.41) is 12.0. The molecule has 5 nitrogen and oxygen atoms in total. The lowest BCUT2D eigenvalue weighted by molar-refractivity contribution is 0.0698. The monoisotopic (exact) mass is 418 g/mol. The van der Waals surface area contributed by atoms with Gasteiger partial charge in [-0.1, -0.05) is 22.9 Å². The highest BCUT2D eigenvalue weighted by molar-refractivity contribution is 9.11. The Hall–Kier alpha value is -1.08. The van der Waals surface area contributed by atoms with Gasteiger partial charge in [-0.15, -0.1) is 0 Å². The average molecular weight is 420 g/mol. The van der Waals surface area contributed by atoms with Crippen molar-refractivity contribution >= 4 is 49.5 Å². The van der Waals surface area contributed by atoms with Gasteiger partial charge in [0.25, 0.3) is 0 Å². The highest BCUT2D eigenvalue weighted by atomic mass is 79.9. The standard InChI is InChI=1S/C14H16Br2N2O3/c1-2-9-4-3-5-18(9)14(21)17-12-10(13(19)20)6-8(15)7-11(12)16/h6-7,9H,2-5H2,1H3,(H,17,21)(H,19,20). The topological polar surface area (TPSA) is 69.6 Å². The van der Waals surface area contributed by atoms with Crippen molar-refractivity contribution in [2.24, 2.45) is 0 Å². The summed E-state index contributed by atoms with van der Waals surface area (Å²) in [6, 6.07) is 3.17. The predicted molar refractivity (Wildman–Crippen MR) is 87.8 cm³/mol. The van der Waals surface area contributed by atoms with Crippen LogP contribution in [0.15, 0.2) is 21.1 Å². The van der Waals surface area contributed by atoms with Gasteiger partial charge in [0.2, 0.25) is 0 Å². The fourth-order valence-corrected chi connectivity index (χ4v) is 3.90. The number of nitrogens with one attached hydrogen (secondary N) is 1. The summed E-state index contributed by atoms with van der Waals surface area (Å²) >= 11 is 6.56. The van der Waals surface area contributed by atoms with Gasteiger partial charge in [0, 0.05) is 21.5 Å². The summed E-state index contributed by atoms with van der Waals surface area (Å²) in [6.45, 7) is 2.76. The van der Waals surface area contributed by atoms with E-state index in [9.17, 15) is 14.7 Å². The molecule has 1 aliphatic rings. The highest BCUT2D eigenvalue weighted by Gasteiger charge is 2.28. The maximum atomic E-state index is 12.4. The van der Waals surface area contributed by atoms with Gasteiger partial charge in [0.05, 0.1) is 11.3 Å². The fourth-order valence-electron chi connectivity index (χ4n) is 2.58. The number of likely N-dealkylation sites (tertiary alicyclic amines) is 1. The molecule has 1 aromatic carbocycles. The predicted octanol–water partition coefficient (Wildman–Crippen LogP) is 4.32. The van der Waals surface area contributed by atoms with Crippen molar-refractivity contribution in [1.29, 1.82) is 0 Å². The molecule has 2 amide bonds. The first-order valence-corrected chi connectivity index (χ1v) is 8.32. The molecule has 0 spiro atoms. The maximum Gasteiger partial charge on any atom is 0.337 e. The first-order valence-electron chi connectivity index (χ1n) is 6.74. The van der Waals surface area contributed by atoms with Crippen LogP contribution in [0, 0.1) is 0 Å². The van der Waals surface area contributed by atoms with Gasteiger partial charge in [0.1, 0.15) is 0 Å². The molecule has 1 aromatic rings. The molecule has 7 heteroatoms. The molecule has 1 fully saturated rings.